The van der Waals surface area contributed by atoms with E-state index in [1.54, 1.807) is 30.3 Å². The van der Waals surface area contributed by atoms with Crippen molar-refractivity contribution in [2.45, 2.75) is 6.10 Å². The second-order valence-electron chi connectivity index (χ2n) is 5.56. The Kier molecular flexibility index (Phi) is 5.92. The highest BCUT2D eigenvalue weighted by Crippen LogP contribution is 2.30. The fraction of sp³-hybridized carbons (Fsp3) is 0.263. The molecular weight excluding hydrogens is 338 g/mol. The summed E-state index contributed by atoms with van der Waals surface area (Å²) >= 11 is 0. The van der Waals surface area contributed by atoms with Gasteiger partial charge in [-0.25, -0.2) is 4.79 Å². The third-order valence-electron chi connectivity index (χ3n) is 3.56. The van der Waals surface area contributed by atoms with Crippen molar-refractivity contribution in [3.05, 3.63) is 54.6 Å². The third-order valence-corrected chi connectivity index (χ3v) is 3.56. The number of ether oxygens (including phenoxy) is 4. The SMILES string of the molecule is O=C(COC(=O)COc1ccccc1)NC[C@H]1COc2ccccc2O1. The van der Waals surface area contributed by atoms with Crippen molar-refractivity contribution in [3.63, 3.8) is 0 Å². The summed E-state index contributed by atoms with van der Waals surface area (Å²) in [6.45, 7) is -0.0397. The van der Waals surface area contributed by atoms with E-state index in [0.29, 0.717) is 23.9 Å². The first-order chi connectivity index (χ1) is 12.7. The number of esters is 1. The molecule has 136 valence electrons. The van der Waals surface area contributed by atoms with E-state index in [0.717, 1.165) is 0 Å². The lowest BCUT2D eigenvalue weighted by Crippen LogP contribution is -2.42. The van der Waals surface area contributed by atoms with Gasteiger partial charge in [0, 0.05) is 0 Å². The molecule has 2 aromatic carbocycles. The van der Waals surface area contributed by atoms with E-state index < -0.39 is 11.9 Å². The van der Waals surface area contributed by atoms with Crippen molar-refractivity contribution in [1.82, 2.24) is 5.32 Å². The van der Waals surface area contributed by atoms with E-state index in [1.165, 1.54) is 0 Å². The topological polar surface area (TPSA) is 83.1 Å². The van der Waals surface area contributed by atoms with E-state index in [4.69, 9.17) is 18.9 Å². The van der Waals surface area contributed by atoms with Gasteiger partial charge in [0.25, 0.3) is 5.91 Å². The molecule has 0 aliphatic carbocycles. The average Bonchev–Trinajstić information content (AvgIpc) is 2.69. The van der Waals surface area contributed by atoms with Gasteiger partial charge in [0.1, 0.15) is 18.5 Å². The Balaban J connectivity index is 1.32. The zero-order valence-electron chi connectivity index (χ0n) is 14.1. The highest BCUT2D eigenvalue weighted by molar-refractivity contribution is 5.80. The average molecular weight is 357 g/mol. The number of carbonyl (C=O) groups is 2. The monoisotopic (exact) mass is 357 g/mol. The molecule has 1 heterocycles. The molecule has 2 aromatic rings. The van der Waals surface area contributed by atoms with Gasteiger partial charge in [0.05, 0.1) is 6.54 Å². The highest BCUT2D eigenvalue weighted by Gasteiger charge is 2.21. The standard InChI is InChI=1S/C19H19NO6/c21-18(12-25-19(22)13-23-14-6-2-1-3-7-14)20-10-15-11-24-16-8-4-5-9-17(16)26-15/h1-9,15H,10-13H2,(H,20,21)/t15-/m0/s1. The first-order valence-corrected chi connectivity index (χ1v) is 8.19. The highest BCUT2D eigenvalue weighted by atomic mass is 16.6. The van der Waals surface area contributed by atoms with Crippen LogP contribution in [0.1, 0.15) is 0 Å². The molecule has 0 bridgehead atoms. The predicted molar refractivity (Wildman–Crippen MR) is 92.3 cm³/mol. The van der Waals surface area contributed by atoms with Crippen LogP contribution in [0.4, 0.5) is 0 Å². The number of para-hydroxylation sites is 3. The summed E-state index contributed by atoms with van der Waals surface area (Å²) in [7, 11) is 0. The van der Waals surface area contributed by atoms with Crippen LogP contribution in [0.25, 0.3) is 0 Å². The molecule has 3 rings (SSSR count). The Morgan fingerprint density at radius 3 is 2.54 bits per heavy atom. The van der Waals surface area contributed by atoms with Crippen molar-refractivity contribution in [2.24, 2.45) is 0 Å². The van der Waals surface area contributed by atoms with Gasteiger partial charge in [-0.3, -0.25) is 4.79 Å². The van der Waals surface area contributed by atoms with Gasteiger partial charge in [-0.05, 0) is 24.3 Å². The van der Waals surface area contributed by atoms with Gasteiger partial charge in [-0.2, -0.15) is 0 Å². The maximum Gasteiger partial charge on any atom is 0.344 e. The van der Waals surface area contributed by atoms with Gasteiger partial charge in [-0.15, -0.1) is 0 Å². The molecule has 0 aromatic heterocycles. The lowest BCUT2D eigenvalue weighted by Gasteiger charge is -2.26. The first-order valence-electron chi connectivity index (χ1n) is 8.19. The zero-order valence-corrected chi connectivity index (χ0v) is 14.1. The minimum atomic E-state index is -0.616. The van der Waals surface area contributed by atoms with Gasteiger partial charge >= 0.3 is 5.97 Å². The molecule has 1 N–H and O–H groups in total. The number of hydrogen-bond donors (Lipinski definition) is 1. The van der Waals surface area contributed by atoms with Crippen LogP contribution in [0.15, 0.2) is 54.6 Å². The second kappa shape index (κ2) is 8.75. The van der Waals surface area contributed by atoms with E-state index in [1.807, 2.05) is 24.3 Å². The largest absolute Gasteiger partial charge is 0.486 e. The molecule has 0 fully saturated rings. The van der Waals surface area contributed by atoms with Crippen LogP contribution in [0, 0.1) is 0 Å². The van der Waals surface area contributed by atoms with Crippen molar-refractivity contribution < 1.29 is 28.5 Å². The van der Waals surface area contributed by atoms with E-state index in [2.05, 4.69) is 5.32 Å². The minimum absolute atomic E-state index is 0.255. The zero-order chi connectivity index (χ0) is 18.2. The van der Waals surface area contributed by atoms with Crippen LogP contribution in [-0.4, -0.2) is 44.3 Å². The van der Waals surface area contributed by atoms with Crippen molar-refractivity contribution in [1.29, 1.82) is 0 Å². The number of carbonyl (C=O) groups excluding carboxylic acids is 2. The van der Waals surface area contributed by atoms with Crippen molar-refractivity contribution >= 4 is 11.9 Å². The Morgan fingerprint density at radius 1 is 1.00 bits per heavy atom. The molecule has 1 aliphatic rings. The number of rotatable bonds is 7. The molecule has 0 saturated carbocycles. The molecule has 0 saturated heterocycles. The van der Waals surface area contributed by atoms with Crippen molar-refractivity contribution in [2.75, 3.05) is 26.4 Å². The molecule has 0 radical (unpaired) electrons. The fourth-order valence-corrected chi connectivity index (χ4v) is 2.29. The van der Waals surface area contributed by atoms with Gasteiger partial charge in [0.15, 0.2) is 24.7 Å². The minimum Gasteiger partial charge on any atom is -0.486 e. The molecule has 1 amide bonds. The molecule has 1 atom stereocenters. The number of nitrogens with one attached hydrogen (secondary N) is 1. The molecule has 0 unspecified atom stereocenters. The summed E-state index contributed by atoms with van der Waals surface area (Å²) in [5, 5.41) is 2.65. The molecule has 7 nitrogen and oxygen atoms in total. The fourth-order valence-electron chi connectivity index (χ4n) is 2.29. The quantitative estimate of drug-likeness (QED) is 0.758. The first kappa shape index (κ1) is 17.6. The Morgan fingerprint density at radius 2 is 1.73 bits per heavy atom. The summed E-state index contributed by atoms with van der Waals surface area (Å²) < 4.78 is 21.4. The van der Waals surface area contributed by atoms with Crippen molar-refractivity contribution in [3.8, 4) is 17.2 Å². The molecule has 7 heteroatoms. The third kappa shape index (κ3) is 5.14. The molecule has 1 aliphatic heterocycles. The predicted octanol–water partition coefficient (Wildman–Crippen LogP) is 1.56. The van der Waals surface area contributed by atoms with E-state index >= 15 is 0 Å². The summed E-state index contributed by atoms with van der Waals surface area (Å²) in [5.41, 5.74) is 0. The maximum atomic E-state index is 11.8. The van der Waals surface area contributed by atoms with Crippen LogP contribution < -0.4 is 19.5 Å². The van der Waals surface area contributed by atoms with Crippen LogP contribution in [0.2, 0.25) is 0 Å². The number of fused-ring (bicyclic) bond motifs is 1. The normalized spacial score (nSPS) is 15.0. The lowest BCUT2D eigenvalue weighted by atomic mass is 10.2. The van der Waals surface area contributed by atoms with E-state index in [9.17, 15) is 9.59 Å². The smallest absolute Gasteiger partial charge is 0.344 e. The van der Waals surface area contributed by atoms with Crippen LogP contribution in [0.5, 0.6) is 17.2 Å². The Labute approximate surface area is 150 Å². The number of amides is 1. The summed E-state index contributed by atoms with van der Waals surface area (Å²) in [4.78, 5) is 23.4. The molecule has 26 heavy (non-hydrogen) atoms. The second-order valence-corrected chi connectivity index (χ2v) is 5.56. The molecule has 0 spiro atoms. The van der Waals surface area contributed by atoms with Crippen LogP contribution in [-0.2, 0) is 14.3 Å². The number of benzene rings is 2. The maximum absolute atomic E-state index is 11.8. The van der Waals surface area contributed by atoms with Crippen LogP contribution in [0.3, 0.4) is 0 Å². The van der Waals surface area contributed by atoms with E-state index in [-0.39, 0.29) is 25.9 Å². The summed E-state index contributed by atoms with van der Waals surface area (Å²) in [6, 6.07) is 16.2. The van der Waals surface area contributed by atoms with Crippen LogP contribution >= 0.6 is 0 Å². The lowest BCUT2D eigenvalue weighted by molar-refractivity contribution is -0.150. The summed E-state index contributed by atoms with van der Waals surface area (Å²) in [6.07, 6.45) is -0.300. The van der Waals surface area contributed by atoms with Gasteiger partial charge < -0.3 is 24.3 Å². The summed E-state index contributed by atoms with van der Waals surface area (Å²) in [5.74, 6) is 0.851. The van der Waals surface area contributed by atoms with Gasteiger partial charge in [-0.1, -0.05) is 30.3 Å². The molecular formula is C19H19NO6. The Bertz CT molecular complexity index is 749. The van der Waals surface area contributed by atoms with Gasteiger partial charge in [0.2, 0.25) is 0 Å². The number of hydrogen-bond acceptors (Lipinski definition) is 6. The Hall–Kier alpha value is -3.22.